The first-order valence-electron chi connectivity index (χ1n) is 6.68. The predicted octanol–water partition coefficient (Wildman–Crippen LogP) is 4.38. The molecule has 2 saturated heterocycles. The van der Waals surface area contributed by atoms with Gasteiger partial charge in [-0.15, -0.1) is 8.58 Å². The van der Waals surface area contributed by atoms with Gasteiger partial charge in [-0.3, -0.25) is 0 Å². The van der Waals surface area contributed by atoms with Crippen molar-refractivity contribution in [3.8, 4) is 0 Å². The number of hydrogen-bond acceptors (Lipinski definition) is 0. The molecule has 3 rings (SSSR count). The zero-order valence-electron chi connectivity index (χ0n) is 9.91. The molecule has 2 fully saturated rings. The molecule has 1 heteroatoms. The van der Waals surface area contributed by atoms with Crippen LogP contribution in [0.2, 0.25) is 0 Å². The van der Waals surface area contributed by atoms with Crippen LogP contribution in [0.1, 0.15) is 44.1 Å². The summed E-state index contributed by atoms with van der Waals surface area (Å²) in [5.41, 5.74) is 2.66. The second-order valence-corrected chi connectivity index (χ2v) is 7.73. The normalized spacial score (nSPS) is 35.1. The number of fused-ring (bicyclic) bond motifs is 2. The molecular formula is C15H21P. The van der Waals surface area contributed by atoms with Crippen LogP contribution in [0.4, 0.5) is 0 Å². The maximum absolute atomic E-state index is 2.32. The third-order valence-corrected chi connectivity index (χ3v) is 6.59. The lowest BCUT2D eigenvalue weighted by molar-refractivity contribution is 0.378. The molecule has 2 heterocycles. The summed E-state index contributed by atoms with van der Waals surface area (Å²) < 4.78 is 0. The molecule has 1 atom stereocenters. The Bertz CT molecular complexity index is 334. The van der Waals surface area contributed by atoms with E-state index in [1.165, 1.54) is 53.5 Å². The molecular weight excluding hydrogens is 211 g/mol. The highest BCUT2D eigenvalue weighted by atomic mass is 31.1. The monoisotopic (exact) mass is 232 g/mol. The SMILES string of the molecule is c1ccc(CC23CCCC(CCC2)P3)cc1. The molecule has 1 unspecified atom stereocenters. The third-order valence-electron chi connectivity index (χ3n) is 4.31. The van der Waals surface area contributed by atoms with E-state index in [0.29, 0.717) is 5.16 Å². The van der Waals surface area contributed by atoms with E-state index in [1.807, 2.05) is 0 Å². The average Bonchev–Trinajstić information content (AvgIpc) is 2.30. The first-order chi connectivity index (χ1) is 7.86. The Morgan fingerprint density at radius 1 is 1.06 bits per heavy atom. The fourth-order valence-electron chi connectivity index (χ4n) is 3.58. The van der Waals surface area contributed by atoms with Crippen molar-refractivity contribution in [2.45, 2.75) is 55.8 Å². The predicted molar refractivity (Wildman–Crippen MR) is 72.7 cm³/mol. The number of hydrogen-bond donors (Lipinski definition) is 0. The molecule has 2 bridgehead atoms. The Balaban J connectivity index is 1.77. The minimum absolute atomic E-state index is 0.711. The summed E-state index contributed by atoms with van der Waals surface area (Å²) >= 11 is 0. The standard InChI is InChI=1S/C15H21P/c1-2-6-13(7-3-1)12-15-10-4-8-14(16-15)9-5-11-15/h1-3,6-7,14,16H,4-5,8-12H2. The minimum Gasteiger partial charge on any atom is -0.112 e. The molecule has 1 aromatic rings. The summed E-state index contributed by atoms with van der Waals surface area (Å²) in [6, 6.07) is 11.2. The molecule has 0 aliphatic carbocycles. The van der Waals surface area contributed by atoms with E-state index in [9.17, 15) is 0 Å². The van der Waals surface area contributed by atoms with Gasteiger partial charge in [-0.25, -0.2) is 0 Å². The van der Waals surface area contributed by atoms with Crippen LogP contribution < -0.4 is 0 Å². The van der Waals surface area contributed by atoms with Gasteiger partial charge in [0.25, 0.3) is 0 Å². The van der Waals surface area contributed by atoms with Crippen LogP contribution in [-0.2, 0) is 6.42 Å². The summed E-state index contributed by atoms with van der Waals surface area (Å²) in [6.45, 7) is 0. The van der Waals surface area contributed by atoms with Crippen molar-refractivity contribution in [2.24, 2.45) is 0 Å². The van der Waals surface area contributed by atoms with E-state index in [1.54, 1.807) is 5.56 Å². The van der Waals surface area contributed by atoms with Crippen LogP contribution in [-0.4, -0.2) is 10.8 Å². The van der Waals surface area contributed by atoms with Crippen LogP contribution in [0.15, 0.2) is 30.3 Å². The van der Waals surface area contributed by atoms with Gasteiger partial charge < -0.3 is 0 Å². The Morgan fingerprint density at radius 2 is 1.75 bits per heavy atom. The van der Waals surface area contributed by atoms with Crippen molar-refractivity contribution in [1.29, 1.82) is 0 Å². The molecule has 2 aliphatic heterocycles. The summed E-state index contributed by atoms with van der Waals surface area (Å²) in [6.07, 6.45) is 10.4. The lowest BCUT2D eigenvalue weighted by Crippen LogP contribution is -2.36. The fourth-order valence-corrected chi connectivity index (χ4v) is 6.09. The van der Waals surface area contributed by atoms with Crippen molar-refractivity contribution in [3.63, 3.8) is 0 Å². The topological polar surface area (TPSA) is 0 Å². The third kappa shape index (κ3) is 2.18. The Labute approximate surface area is 101 Å². The first kappa shape index (κ1) is 10.8. The largest absolute Gasteiger partial charge is 0.112 e. The van der Waals surface area contributed by atoms with Gasteiger partial charge in [-0.05, 0) is 48.5 Å². The molecule has 0 nitrogen and oxygen atoms in total. The van der Waals surface area contributed by atoms with Gasteiger partial charge in [0, 0.05) is 0 Å². The Kier molecular flexibility index (Phi) is 3.03. The molecule has 0 radical (unpaired) electrons. The van der Waals surface area contributed by atoms with Crippen molar-refractivity contribution < 1.29 is 0 Å². The van der Waals surface area contributed by atoms with Crippen LogP contribution >= 0.6 is 8.58 Å². The van der Waals surface area contributed by atoms with Gasteiger partial charge >= 0.3 is 0 Å². The maximum atomic E-state index is 2.32. The molecule has 16 heavy (non-hydrogen) atoms. The van der Waals surface area contributed by atoms with Gasteiger partial charge in [0.2, 0.25) is 0 Å². The lowest BCUT2D eigenvalue weighted by Gasteiger charge is -2.45. The molecule has 0 N–H and O–H groups in total. The summed E-state index contributed by atoms with van der Waals surface area (Å²) in [5.74, 6) is 0. The van der Waals surface area contributed by atoms with E-state index >= 15 is 0 Å². The number of rotatable bonds is 2. The smallest absolute Gasteiger partial charge is 0.00791 e. The molecule has 0 aromatic heterocycles. The van der Waals surface area contributed by atoms with Crippen LogP contribution in [0.25, 0.3) is 0 Å². The molecule has 0 saturated carbocycles. The van der Waals surface area contributed by atoms with Crippen molar-refractivity contribution >= 4 is 8.58 Å². The minimum atomic E-state index is 0.711. The van der Waals surface area contributed by atoms with E-state index in [2.05, 4.69) is 30.3 Å². The summed E-state index contributed by atoms with van der Waals surface area (Å²) in [4.78, 5) is 0. The van der Waals surface area contributed by atoms with Crippen LogP contribution in [0.3, 0.4) is 0 Å². The molecule has 2 aliphatic rings. The second kappa shape index (κ2) is 4.49. The van der Waals surface area contributed by atoms with Crippen molar-refractivity contribution in [3.05, 3.63) is 35.9 Å². The van der Waals surface area contributed by atoms with E-state index < -0.39 is 0 Å². The van der Waals surface area contributed by atoms with Crippen LogP contribution in [0.5, 0.6) is 0 Å². The highest BCUT2D eigenvalue weighted by Gasteiger charge is 2.38. The Morgan fingerprint density at radius 3 is 2.44 bits per heavy atom. The van der Waals surface area contributed by atoms with E-state index in [-0.39, 0.29) is 0 Å². The lowest BCUT2D eigenvalue weighted by atomic mass is 9.84. The zero-order chi connectivity index (χ0) is 10.8. The highest BCUT2D eigenvalue weighted by Crippen LogP contribution is 2.55. The number of benzene rings is 1. The fraction of sp³-hybridized carbons (Fsp3) is 0.600. The van der Waals surface area contributed by atoms with E-state index in [0.717, 1.165) is 5.66 Å². The highest BCUT2D eigenvalue weighted by molar-refractivity contribution is 7.41. The van der Waals surface area contributed by atoms with Gasteiger partial charge in [0.05, 0.1) is 0 Å². The van der Waals surface area contributed by atoms with Gasteiger partial charge in [-0.2, -0.15) is 0 Å². The van der Waals surface area contributed by atoms with Crippen LogP contribution in [0, 0.1) is 0 Å². The zero-order valence-corrected chi connectivity index (χ0v) is 10.9. The molecule has 0 spiro atoms. The molecule has 1 aromatic carbocycles. The maximum Gasteiger partial charge on any atom is -0.00791 e. The van der Waals surface area contributed by atoms with Gasteiger partial charge in [-0.1, -0.05) is 43.2 Å². The summed E-state index contributed by atoms with van der Waals surface area (Å²) in [5, 5.41) is 0.711. The first-order valence-corrected chi connectivity index (χ1v) is 7.76. The quantitative estimate of drug-likeness (QED) is 0.664. The van der Waals surface area contributed by atoms with Gasteiger partial charge in [0.1, 0.15) is 0 Å². The van der Waals surface area contributed by atoms with Crippen molar-refractivity contribution in [2.75, 3.05) is 0 Å². The summed E-state index contributed by atoms with van der Waals surface area (Å²) in [7, 11) is 1.25. The average molecular weight is 232 g/mol. The van der Waals surface area contributed by atoms with Crippen molar-refractivity contribution in [1.82, 2.24) is 0 Å². The Hall–Kier alpha value is -0.350. The van der Waals surface area contributed by atoms with Gasteiger partial charge in [0.15, 0.2) is 0 Å². The molecule has 0 amide bonds. The second-order valence-electron chi connectivity index (χ2n) is 5.57. The van der Waals surface area contributed by atoms with E-state index in [4.69, 9.17) is 0 Å². The molecule has 86 valence electrons.